The maximum Gasteiger partial charge on any atom is 0.387 e. The van der Waals surface area contributed by atoms with Gasteiger partial charge in [-0.15, -0.1) is 0 Å². The summed E-state index contributed by atoms with van der Waals surface area (Å²) in [4.78, 5) is 14.2. The van der Waals surface area contributed by atoms with Crippen molar-refractivity contribution in [1.29, 1.82) is 0 Å². The van der Waals surface area contributed by atoms with Gasteiger partial charge in [0.05, 0.1) is 19.2 Å². The van der Waals surface area contributed by atoms with Gasteiger partial charge in [0.2, 0.25) is 5.91 Å². The van der Waals surface area contributed by atoms with E-state index in [1.807, 2.05) is 24.0 Å². The SMILES string of the molecule is CCOc1cc(CN(C)CC(=O)NC(C)c2ccc(Cl)cc2)ccc1OC(F)F. The summed E-state index contributed by atoms with van der Waals surface area (Å²) in [6.45, 7) is 1.68. The van der Waals surface area contributed by atoms with E-state index < -0.39 is 6.61 Å². The van der Waals surface area contributed by atoms with Crippen LogP contribution >= 0.6 is 11.6 Å². The van der Waals surface area contributed by atoms with Crippen molar-refractivity contribution in [1.82, 2.24) is 10.2 Å². The molecule has 0 fully saturated rings. The highest BCUT2D eigenvalue weighted by Crippen LogP contribution is 2.30. The average molecular weight is 427 g/mol. The number of ether oxygens (including phenoxy) is 2. The molecule has 2 aromatic carbocycles. The Morgan fingerprint density at radius 1 is 1.17 bits per heavy atom. The van der Waals surface area contributed by atoms with Crippen molar-refractivity contribution >= 4 is 17.5 Å². The molecule has 0 aliphatic carbocycles. The summed E-state index contributed by atoms with van der Waals surface area (Å²) in [6.07, 6.45) is 0. The van der Waals surface area contributed by atoms with Crippen LogP contribution in [0.4, 0.5) is 8.78 Å². The Labute approximate surface area is 174 Å². The van der Waals surface area contributed by atoms with E-state index in [1.165, 1.54) is 6.07 Å². The van der Waals surface area contributed by atoms with Gasteiger partial charge in [-0.25, -0.2) is 0 Å². The molecule has 29 heavy (non-hydrogen) atoms. The van der Waals surface area contributed by atoms with Crippen molar-refractivity contribution in [3.05, 3.63) is 58.6 Å². The Bertz CT molecular complexity index is 803. The van der Waals surface area contributed by atoms with Crippen LogP contribution in [0.2, 0.25) is 5.02 Å². The van der Waals surface area contributed by atoms with Crippen LogP contribution in [0.25, 0.3) is 0 Å². The highest BCUT2D eigenvalue weighted by atomic mass is 35.5. The van der Waals surface area contributed by atoms with Crippen molar-refractivity contribution in [2.45, 2.75) is 33.0 Å². The van der Waals surface area contributed by atoms with Gasteiger partial charge in [0.15, 0.2) is 11.5 Å². The summed E-state index contributed by atoms with van der Waals surface area (Å²) in [6, 6.07) is 11.9. The number of likely N-dealkylation sites (N-methyl/N-ethyl adjacent to an activating group) is 1. The summed E-state index contributed by atoms with van der Waals surface area (Å²) in [5, 5.41) is 3.59. The van der Waals surface area contributed by atoms with Gasteiger partial charge in [-0.1, -0.05) is 29.8 Å². The van der Waals surface area contributed by atoms with E-state index in [4.69, 9.17) is 16.3 Å². The van der Waals surface area contributed by atoms with E-state index in [1.54, 1.807) is 38.2 Å². The molecular weight excluding hydrogens is 402 g/mol. The number of hydrogen-bond acceptors (Lipinski definition) is 4. The second kappa shape index (κ2) is 11.0. The number of halogens is 3. The molecule has 158 valence electrons. The summed E-state index contributed by atoms with van der Waals surface area (Å²) >= 11 is 5.89. The molecule has 0 radical (unpaired) electrons. The molecule has 5 nitrogen and oxygen atoms in total. The lowest BCUT2D eigenvalue weighted by Crippen LogP contribution is -2.36. The minimum atomic E-state index is -2.92. The normalized spacial score (nSPS) is 12.1. The molecule has 8 heteroatoms. The summed E-state index contributed by atoms with van der Waals surface area (Å²) < 4.78 is 34.9. The molecule has 1 unspecified atom stereocenters. The van der Waals surface area contributed by atoms with Gasteiger partial charge in [-0.3, -0.25) is 9.69 Å². The molecule has 0 aliphatic rings. The molecule has 1 amide bonds. The molecule has 0 heterocycles. The number of rotatable bonds is 10. The number of carbonyl (C=O) groups excluding carboxylic acids is 1. The predicted octanol–water partition coefficient (Wildman–Crippen LogP) is 4.65. The third-order valence-corrected chi connectivity index (χ3v) is 4.39. The van der Waals surface area contributed by atoms with Gasteiger partial charge in [0.25, 0.3) is 0 Å². The van der Waals surface area contributed by atoms with E-state index >= 15 is 0 Å². The monoisotopic (exact) mass is 426 g/mol. The van der Waals surface area contributed by atoms with Gasteiger partial charge in [0.1, 0.15) is 0 Å². The number of carbonyl (C=O) groups is 1. The second-order valence-corrected chi connectivity index (χ2v) is 7.04. The van der Waals surface area contributed by atoms with E-state index in [2.05, 4.69) is 10.1 Å². The fourth-order valence-electron chi connectivity index (χ4n) is 2.85. The fourth-order valence-corrected chi connectivity index (χ4v) is 2.97. The zero-order chi connectivity index (χ0) is 21.4. The predicted molar refractivity (Wildman–Crippen MR) is 109 cm³/mol. The van der Waals surface area contributed by atoms with Crippen molar-refractivity contribution in [2.75, 3.05) is 20.2 Å². The van der Waals surface area contributed by atoms with E-state index in [0.717, 1.165) is 11.1 Å². The van der Waals surface area contributed by atoms with Crippen LogP contribution in [0.1, 0.15) is 31.0 Å². The zero-order valence-electron chi connectivity index (χ0n) is 16.6. The zero-order valence-corrected chi connectivity index (χ0v) is 17.4. The fraction of sp³-hybridized carbons (Fsp3) is 0.381. The largest absolute Gasteiger partial charge is 0.490 e. The summed E-state index contributed by atoms with van der Waals surface area (Å²) in [7, 11) is 1.80. The molecule has 0 aromatic heterocycles. The number of hydrogen-bond donors (Lipinski definition) is 1. The van der Waals surface area contributed by atoms with Gasteiger partial charge in [0, 0.05) is 11.6 Å². The Morgan fingerprint density at radius 2 is 1.86 bits per heavy atom. The Balaban J connectivity index is 1.93. The maximum absolute atomic E-state index is 12.5. The van der Waals surface area contributed by atoms with Crippen molar-refractivity contribution in [3.8, 4) is 11.5 Å². The smallest absolute Gasteiger partial charge is 0.387 e. The average Bonchev–Trinajstić information content (AvgIpc) is 2.64. The molecule has 1 N–H and O–H groups in total. The molecule has 2 rings (SSSR count). The standard InChI is InChI=1S/C21H25ClF2N2O3/c1-4-28-19-11-15(5-10-18(19)29-21(23)24)12-26(3)13-20(27)25-14(2)16-6-8-17(22)9-7-16/h5-11,14,21H,4,12-13H2,1-3H3,(H,25,27). The molecule has 0 saturated carbocycles. The quantitative estimate of drug-likeness (QED) is 0.601. The molecular formula is C21H25ClF2N2O3. The first-order valence-electron chi connectivity index (χ1n) is 9.22. The second-order valence-electron chi connectivity index (χ2n) is 6.61. The molecule has 0 saturated heterocycles. The van der Waals surface area contributed by atoms with Crippen LogP contribution in [0.3, 0.4) is 0 Å². The lowest BCUT2D eigenvalue weighted by atomic mass is 10.1. The highest BCUT2D eigenvalue weighted by molar-refractivity contribution is 6.30. The number of nitrogens with one attached hydrogen (secondary N) is 1. The van der Waals surface area contributed by atoms with Gasteiger partial charge in [-0.2, -0.15) is 8.78 Å². The van der Waals surface area contributed by atoms with Gasteiger partial charge in [-0.05, 0) is 56.3 Å². The number of amides is 1. The Kier molecular flexibility index (Phi) is 8.67. The Morgan fingerprint density at radius 3 is 2.48 bits per heavy atom. The third kappa shape index (κ3) is 7.51. The summed E-state index contributed by atoms with van der Waals surface area (Å²) in [5.74, 6) is 0.111. The molecule has 2 aromatic rings. The Hall–Kier alpha value is -2.38. The molecule has 0 bridgehead atoms. The number of nitrogens with zero attached hydrogens (tertiary/aromatic N) is 1. The van der Waals surface area contributed by atoms with Crippen molar-refractivity contribution in [3.63, 3.8) is 0 Å². The van der Waals surface area contributed by atoms with Gasteiger partial charge >= 0.3 is 6.61 Å². The van der Waals surface area contributed by atoms with E-state index in [-0.39, 0.29) is 30.0 Å². The van der Waals surface area contributed by atoms with Gasteiger partial charge < -0.3 is 14.8 Å². The number of alkyl halides is 2. The molecule has 0 spiro atoms. The number of benzene rings is 2. The summed E-state index contributed by atoms with van der Waals surface area (Å²) in [5.41, 5.74) is 1.78. The first-order valence-corrected chi connectivity index (χ1v) is 9.60. The minimum absolute atomic E-state index is 0.0113. The molecule has 1 atom stereocenters. The highest BCUT2D eigenvalue weighted by Gasteiger charge is 2.15. The van der Waals surface area contributed by atoms with Crippen LogP contribution in [-0.4, -0.2) is 37.6 Å². The third-order valence-electron chi connectivity index (χ3n) is 4.14. The van der Waals surface area contributed by atoms with E-state index in [9.17, 15) is 13.6 Å². The van der Waals surface area contributed by atoms with Crippen LogP contribution < -0.4 is 14.8 Å². The van der Waals surface area contributed by atoms with Crippen LogP contribution in [0.15, 0.2) is 42.5 Å². The topological polar surface area (TPSA) is 50.8 Å². The van der Waals surface area contributed by atoms with Crippen LogP contribution in [0, 0.1) is 0 Å². The lowest BCUT2D eigenvalue weighted by molar-refractivity contribution is -0.122. The maximum atomic E-state index is 12.5. The first kappa shape index (κ1) is 22.9. The van der Waals surface area contributed by atoms with Crippen molar-refractivity contribution in [2.24, 2.45) is 0 Å². The first-order chi connectivity index (χ1) is 13.8. The lowest BCUT2D eigenvalue weighted by Gasteiger charge is -2.20. The molecule has 0 aliphatic heterocycles. The minimum Gasteiger partial charge on any atom is -0.490 e. The van der Waals surface area contributed by atoms with Crippen molar-refractivity contribution < 1.29 is 23.0 Å². The van der Waals surface area contributed by atoms with Crippen LogP contribution in [-0.2, 0) is 11.3 Å². The van der Waals surface area contributed by atoms with E-state index in [0.29, 0.717) is 18.2 Å². The van der Waals surface area contributed by atoms with Crippen LogP contribution in [0.5, 0.6) is 11.5 Å².